The summed E-state index contributed by atoms with van der Waals surface area (Å²) in [7, 11) is 0. The summed E-state index contributed by atoms with van der Waals surface area (Å²) in [4.78, 5) is 0. The van der Waals surface area contributed by atoms with Crippen molar-refractivity contribution < 1.29 is 49.0 Å². The van der Waals surface area contributed by atoms with Gasteiger partial charge in [0.2, 0.25) is 0 Å². The molecule has 1 aliphatic carbocycles. The van der Waals surface area contributed by atoms with Crippen LogP contribution in [-0.2, 0) is 54.3 Å². The van der Waals surface area contributed by atoms with Gasteiger partial charge >= 0.3 is 152 Å². The fraction of sp³-hybridized carbons (Fsp3) is 0.268. The molecular formula is C41H42Cl2I2Zr-2. The van der Waals surface area contributed by atoms with Crippen LogP contribution >= 0.6 is 45.2 Å². The van der Waals surface area contributed by atoms with Gasteiger partial charge in [-0.2, -0.15) is 47.5 Å². The second-order valence-electron chi connectivity index (χ2n) is 13.4. The zero-order valence-electron chi connectivity index (χ0n) is 27.5. The molecule has 0 nitrogen and oxygen atoms in total. The Bertz CT molecular complexity index is 1560. The Kier molecular flexibility index (Phi) is 16.7. The van der Waals surface area contributed by atoms with Gasteiger partial charge in [-0.05, 0) is 17.4 Å². The van der Waals surface area contributed by atoms with Crippen molar-refractivity contribution in [2.45, 2.75) is 71.6 Å². The minimum absolute atomic E-state index is 0. The first-order valence-electron chi connectivity index (χ1n) is 15.2. The van der Waals surface area contributed by atoms with Crippen molar-refractivity contribution in [3.8, 4) is 11.1 Å². The van der Waals surface area contributed by atoms with Crippen LogP contribution in [0.5, 0.6) is 0 Å². The maximum Gasteiger partial charge on any atom is -0.172 e. The monoisotopic (exact) mass is 948 g/mol. The van der Waals surface area contributed by atoms with Crippen LogP contribution < -0.4 is 24.8 Å². The predicted octanol–water partition coefficient (Wildman–Crippen LogP) is 5.47. The smallest absolute Gasteiger partial charge is 0.172 e. The first-order chi connectivity index (χ1) is 20.8. The average molecular weight is 951 g/mol. The quantitative estimate of drug-likeness (QED) is 0.163. The SMILES string of the molecule is CC(C)(C)c1c[c-]c2c(c1)-c1cc(C(C)(C)C)ccc1C2.[Cl-].[Cl-].[Zr+2]=[C](Cc1ccccc1I)Cc1ccccc1I.c1cc[cH-]c1. The molecule has 0 atom stereocenters. The first-order valence-corrected chi connectivity index (χ1v) is 18.6. The third kappa shape index (κ3) is 11.9. The van der Waals surface area contributed by atoms with Crippen molar-refractivity contribution >= 4 is 48.4 Å². The molecule has 5 aromatic carbocycles. The zero-order valence-corrected chi connectivity index (χ0v) is 35.8. The van der Waals surface area contributed by atoms with Gasteiger partial charge in [-0.25, -0.2) is 12.1 Å². The Hall–Kier alpha value is -0.977. The molecule has 0 amide bonds. The second kappa shape index (κ2) is 18.7. The number of benzene rings is 4. The molecule has 0 aliphatic heterocycles. The van der Waals surface area contributed by atoms with Crippen LogP contribution in [0.3, 0.4) is 0 Å². The van der Waals surface area contributed by atoms with E-state index < -0.39 is 0 Å². The maximum atomic E-state index is 3.53. The van der Waals surface area contributed by atoms with Crippen molar-refractivity contribution in [1.29, 1.82) is 0 Å². The van der Waals surface area contributed by atoms with Gasteiger partial charge in [0, 0.05) is 0 Å². The van der Waals surface area contributed by atoms with E-state index in [4.69, 9.17) is 0 Å². The summed E-state index contributed by atoms with van der Waals surface area (Å²) >= 11 is 6.40. The molecule has 240 valence electrons. The summed E-state index contributed by atoms with van der Waals surface area (Å²) in [5.41, 5.74) is 11.7. The Balaban J connectivity index is 0.000000270. The number of fused-ring (bicyclic) bond motifs is 3. The molecular weight excluding hydrogens is 908 g/mol. The van der Waals surface area contributed by atoms with Crippen LogP contribution in [0.2, 0.25) is 0 Å². The van der Waals surface area contributed by atoms with E-state index in [1.54, 1.807) is 27.4 Å². The molecule has 5 heteroatoms. The summed E-state index contributed by atoms with van der Waals surface area (Å²) in [6.07, 6.45) is 3.25. The van der Waals surface area contributed by atoms with E-state index in [0.717, 1.165) is 19.3 Å². The van der Waals surface area contributed by atoms with Gasteiger partial charge in [0.1, 0.15) is 0 Å². The van der Waals surface area contributed by atoms with Crippen molar-refractivity contribution in [1.82, 2.24) is 0 Å². The molecule has 0 saturated heterocycles. The van der Waals surface area contributed by atoms with E-state index in [9.17, 15) is 0 Å². The third-order valence-electron chi connectivity index (χ3n) is 7.81. The van der Waals surface area contributed by atoms with Crippen molar-refractivity contribution in [2.24, 2.45) is 0 Å². The average Bonchev–Trinajstić information content (AvgIpc) is 3.66. The molecule has 0 bridgehead atoms. The zero-order chi connectivity index (χ0) is 31.9. The topological polar surface area (TPSA) is 0 Å². The van der Waals surface area contributed by atoms with Gasteiger partial charge in [-0.15, -0.1) is 5.56 Å². The number of hydrogen-bond acceptors (Lipinski definition) is 0. The molecule has 0 spiro atoms. The van der Waals surface area contributed by atoms with Gasteiger partial charge in [0.25, 0.3) is 0 Å². The molecule has 46 heavy (non-hydrogen) atoms. The molecule has 0 aromatic heterocycles. The van der Waals surface area contributed by atoms with Crippen LogP contribution in [0, 0.1) is 13.2 Å². The molecule has 1 aliphatic rings. The summed E-state index contributed by atoms with van der Waals surface area (Å²) < 4.78 is 4.35. The number of rotatable bonds is 4. The van der Waals surface area contributed by atoms with Gasteiger partial charge in [-0.3, -0.25) is 0 Å². The second-order valence-corrected chi connectivity index (χ2v) is 17.5. The maximum absolute atomic E-state index is 3.53. The Labute approximate surface area is 332 Å². The minimum Gasteiger partial charge on any atom is -0.214 e. The Morgan fingerprint density at radius 1 is 0.696 bits per heavy atom. The van der Waals surface area contributed by atoms with E-state index in [1.807, 2.05) is 30.3 Å². The van der Waals surface area contributed by atoms with Gasteiger partial charge in [0.05, 0.1) is 0 Å². The van der Waals surface area contributed by atoms with Crippen molar-refractivity contribution in [3.63, 3.8) is 0 Å². The van der Waals surface area contributed by atoms with E-state index in [1.165, 1.54) is 51.6 Å². The van der Waals surface area contributed by atoms with E-state index in [-0.39, 0.29) is 35.6 Å². The molecule has 6 rings (SSSR count). The normalized spacial score (nSPS) is 11.3. The Morgan fingerprint density at radius 2 is 1.20 bits per heavy atom. The first kappa shape index (κ1) is 41.2. The fourth-order valence-electron chi connectivity index (χ4n) is 5.11. The molecule has 0 unspecified atom stereocenters. The molecule has 5 aromatic rings. The summed E-state index contributed by atoms with van der Waals surface area (Å²) in [6.45, 7) is 13.6. The molecule has 0 N–H and O–H groups in total. The van der Waals surface area contributed by atoms with Gasteiger partial charge < -0.3 is 24.8 Å². The predicted molar refractivity (Wildman–Crippen MR) is 204 cm³/mol. The van der Waals surface area contributed by atoms with Crippen LogP contribution in [0.15, 0.2) is 109 Å². The van der Waals surface area contributed by atoms with Gasteiger partial charge in [-0.1, -0.05) is 76.3 Å². The number of hydrogen-bond donors (Lipinski definition) is 0. The van der Waals surface area contributed by atoms with Crippen LogP contribution in [0.4, 0.5) is 0 Å². The van der Waals surface area contributed by atoms with E-state index >= 15 is 0 Å². The van der Waals surface area contributed by atoms with Crippen molar-refractivity contribution in [2.75, 3.05) is 0 Å². The summed E-state index contributed by atoms with van der Waals surface area (Å²) in [6, 6.07) is 42.4. The molecule has 0 saturated carbocycles. The standard InChI is InChI=1S/C21H25.C15H12I2.C5H5.2ClH.Zr/c1-20(2,3)16-9-7-14-11-15-8-10-17(21(4,5)6)13-19(15)18(14)12-16;16-14-10-3-1-6-12(14)8-5-9-13-7-2-4-11-15(13)17;1-2-4-5-3-1;;;/h7,9-10,12-13H,11H2,1-6H3;1-4,6-7,10-11H,8-9H2;1-5H;2*1H;/q-1;;-1;;;+2/p-2. The molecule has 0 fully saturated rings. The number of halogens is 4. The van der Waals surface area contributed by atoms with Crippen LogP contribution in [0.1, 0.15) is 74.9 Å². The molecule has 0 heterocycles. The fourth-order valence-corrected chi connectivity index (χ4v) is 7.20. The van der Waals surface area contributed by atoms with E-state index in [2.05, 4.69) is 172 Å². The summed E-state index contributed by atoms with van der Waals surface area (Å²) in [5.74, 6) is 0. The summed E-state index contributed by atoms with van der Waals surface area (Å²) in [5, 5.41) is 0. The minimum atomic E-state index is 0. The van der Waals surface area contributed by atoms with Crippen molar-refractivity contribution in [3.05, 3.63) is 156 Å². The van der Waals surface area contributed by atoms with E-state index in [0.29, 0.717) is 0 Å². The van der Waals surface area contributed by atoms with Gasteiger partial charge in [0.15, 0.2) is 0 Å². The third-order valence-corrected chi connectivity index (χ3v) is 10.8. The Morgan fingerprint density at radius 3 is 1.65 bits per heavy atom. The molecule has 0 radical (unpaired) electrons. The largest absolute Gasteiger partial charge is 0.214 e. The van der Waals surface area contributed by atoms with Crippen LogP contribution in [-0.4, -0.2) is 3.21 Å². The van der Waals surface area contributed by atoms with Crippen LogP contribution in [0.25, 0.3) is 11.1 Å².